The average molecular weight is 398 g/mol. The number of nitrogens with one attached hydrogen (secondary N) is 1. The second-order valence-electron chi connectivity index (χ2n) is 9.15. The molecule has 2 bridgehead atoms. The third-order valence-electron chi connectivity index (χ3n) is 7.17. The molecule has 5 nitrogen and oxygen atoms in total. The lowest BCUT2D eigenvalue weighted by Crippen LogP contribution is -2.41. The topological polar surface area (TPSA) is 52.7 Å². The normalized spacial score (nSPS) is 31.5. The first kappa shape index (κ1) is 20.9. The predicted molar refractivity (Wildman–Crippen MR) is 109 cm³/mol. The smallest absolute Gasteiger partial charge is 0.222 e. The van der Waals surface area contributed by atoms with Gasteiger partial charge in [0, 0.05) is 51.1 Å². The summed E-state index contributed by atoms with van der Waals surface area (Å²) in [5.41, 5.74) is 0. The van der Waals surface area contributed by atoms with Crippen LogP contribution in [0.4, 0.5) is 0 Å². The summed E-state index contributed by atoms with van der Waals surface area (Å²) in [6, 6.07) is 1.30. The van der Waals surface area contributed by atoms with Gasteiger partial charge in [-0.3, -0.25) is 9.59 Å². The number of carbonyl (C=O) groups excluding carboxylic acids is 2. The minimum absolute atomic E-state index is 0. The monoisotopic (exact) mass is 397 g/mol. The van der Waals surface area contributed by atoms with Crippen molar-refractivity contribution in [3.8, 4) is 0 Å². The van der Waals surface area contributed by atoms with Crippen LogP contribution in [0.2, 0.25) is 0 Å². The molecule has 0 aromatic carbocycles. The van der Waals surface area contributed by atoms with E-state index in [-0.39, 0.29) is 12.4 Å². The Kier molecular flexibility index (Phi) is 7.43. The third kappa shape index (κ3) is 5.38. The van der Waals surface area contributed by atoms with Gasteiger partial charge >= 0.3 is 0 Å². The zero-order valence-corrected chi connectivity index (χ0v) is 17.4. The van der Waals surface area contributed by atoms with Crippen LogP contribution in [0.5, 0.6) is 0 Å². The molecule has 1 N–H and O–H groups in total. The van der Waals surface area contributed by atoms with Crippen molar-refractivity contribution in [3.05, 3.63) is 0 Å². The van der Waals surface area contributed by atoms with Gasteiger partial charge in [-0.15, -0.1) is 12.4 Å². The van der Waals surface area contributed by atoms with Crippen molar-refractivity contribution in [2.24, 2.45) is 11.8 Å². The van der Waals surface area contributed by atoms with Crippen molar-refractivity contribution in [3.63, 3.8) is 0 Å². The van der Waals surface area contributed by atoms with Gasteiger partial charge in [-0.05, 0) is 56.8 Å². The van der Waals surface area contributed by atoms with E-state index in [9.17, 15) is 9.59 Å². The van der Waals surface area contributed by atoms with E-state index in [1.807, 2.05) is 9.80 Å². The van der Waals surface area contributed by atoms with Crippen LogP contribution in [0.3, 0.4) is 0 Å². The highest BCUT2D eigenvalue weighted by Gasteiger charge is 2.35. The molecule has 1 saturated carbocycles. The zero-order chi connectivity index (χ0) is 17.9. The molecule has 0 aromatic heterocycles. The quantitative estimate of drug-likeness (QED) is 0.793. The molecule has 2 atom stereocenters. The molecule has 4 aliphatic rings. The van der Waals surface area contributed by atoms with E-state index in [0.717, 1.165) is 39.0 Å². The second kappa shape index (κ2) is 9.60. The third-order valence-corrected chi connectivity index (χ3v) is 7.17. The zero-order valence-electron chi connectivity index (χ0n) is 16.5. The Labute approximate surface area is 170 Å². The Bertz CT molecular complexity index is 512. The summed E-state index contributed by atoms with van der Waals surface area (Å²) in [4.78, 5) is 29.5. The van der Waals surface area contributed by atoms with E-state index < -0.39 is 0 Å². The lowest BCUT2D eigenvalue weighted by molar-refractivity contribution is -0.134. The fraction of sp³-hybridized carbons (Fsp3) is 0.905. The molecule has 1 aliphatic carbocycles. The van der Waals surface area contributed by atoms with Crippen LogP contribution in [-0.4, -0.2) is 59.9 Å². The van der Waals surface area contributed by atoms with Gasteiger partial charge in [-0.2, -0.15) is 0 Å². The molecule has 27 heavy (non-hydrogen) atoms. The highest BCUT2D eigenvalue weighted by atomic mass is 35.5. The first-order valence-corrected chi connectivity index (χ1v) is 11.0. The van der Waals surface area contributed by atoms with E-state index in [1.54, 1.807) is 0 Å². The molecule has 154 valence electrons. The fourth-order valence-electron chi connectivity index (χ4n) is 5.72. The van der Waals surface area contributed by atoms with Crippen LogP contribution in [0.1, 0.15) is 70.6 Å². The van der Waals surface area contributed by atoms with Crippen molar-refractivity contribution in [2.45, 2.75) is 82.7 Å². The van der Waals surface area contributed by atoms with Gasteiger partial charge in [0.1, 0.15) is 0 Å². The first-order valence-electron chi connectivity index (χ1n) is 11.0. The van der Waals surface area contributed by atoms with E-state index in [1.165, 1.54) is 51.4 Å². The molecule has 0 aromatic rings. The van der Waals surface area contributed by atoms with E-state index in [0.29, 0.717) is 42.2 Å². The number of nitrogens with zero attached hydrogens (tertiary/aromatic N) is 2. The maximum Gasteiger partial charge on any atom is 0.222 e. The second-order valence-corrected chi connectivity index (χ2v) is 9.15. The van der Waals surface area contributed by atoms with Crippen molar-refractivity contribution in [2.75, 3.05) is 26.2 Å². The summed E-state index contributed by atoms with van der Waals surface area (Å²) in [5, 5.41) is 3.66. The highest BCUT2D eigenvalue weighted by Crippen LogP contribution is 2.33. The summed E-state index contributed by atoms with van der Waals surface area (Å²) in [6.07, 6.45) is 12.3. The number of amides is 2. The number of hydrogen-bond acceptors (Lipinski definition) is 3. The molecular formula is C21H36ClN3O2. The van der Waals surface area contributed by atoms with E-state index >= 15 is 0 Å². The molecule has 4 rings (SSSR count). The number of halogens is 1. The lowest BCUT2D eigenvalue weighted by Gasteiger charge is -2.30. The summed E-state index contributed by atoms with van der Waals surface area (Å²) >= 11 is 0. The molecule has 4 fully saturated rings. The number of fused-ring (bicyclic) bond motifs is 2. The number of hydrogen-bond donors (Lipinski definition) is 1. The maximum absolute atomic E-state index is 12.8. The maximum atomic E-state index is 12.8. The predicted octanol–water partition coefficient (Wildman–Crippen LogP) is 2.97. The summed E-state index contributed by atoms with van der Waals surface area (Å²) in [7, 11) is 0. The van der Waals surface area contributed by atoms with Crippen LogP contribution < -0.4 is 5.32 Å². The Hall–Kier alpha value is -0.810. The largest absolute Gasteiger partial charge is 0.341 e. The summed E-state index contributed by atoms with van der Waals surface area (Å²) < 4.78 is 0. The Morgan fingerprint density at radius 1 is 0.704 bits per heavy atom. The van der Waals surface area contributed by atoms with Crippen LogP contribution in [0.25, 0.3) is 0 Å². The Morgan fingerprint density at radius 3 is 1.78 bits per heavy atom. The molecule has 0 spiro atoms. The van der Waals surface area contributed by atoms with Gasteiger partial charge in [0.25, 0.3) is 0 Å². The van der Waals surface area contributed by atoms with Crippen LogP contribution >= 0.6 is 12.4 Å². The Morgan fingerprint density at radius 2 is 1.22 bits per heavy atom. The molecule has 2 unspecified atom stereocenters. The SMILES string of the molecule is Cl.O=C(CC1CCCC1)N1CCCN(C(=O)CC2CC3CCC(C2)N3)CC1. The van der Waals surface area contributed by atoms with Crippen molar-refractivity contribution in [1.82, 2.24) is 15.1 Å². The number of piperidine rings is 1. The van der Waals surface area contributed by atoms with E-state index in [4.69, 9.17) is 0 Å². The minimum atomic E-state index is 0. The van der Waals surface area contributed by atoms with Crippen molar-refractivity contribution >= 4 is 24.2 Å². The molecule has 3 aliphatic heterocycles. The standard InChI is InChI=1S/C21H35N3O2.ClH/c25-20(14-16-4-1-2-5-16)23-8-3-9-24(11-10-23)21(26)15-17-12-18-6-7-19(13-17)22-18;/h16-19,22H,1-15H2;1H. The molecular weight excluding hydrogens is 362 g/mol. The number of rotatable bonds is 4. The van der Waals surface area contributed by atoms with Crippen molar-refractivity contribution in [1.29, 1.82) is 0 Å². The van der Waals surface area contributed by atoms with Crippen LogP contribution in [0, 0.1) is 11.8 Å². The van der Waals surface area contributed by atoms with Gasteiger partial charge in [0.2, 0.25) is 11.8 Å². The first-order chi connectivity index (χ1) is 12.7. The van der Waals surface area contributed by atoms with Gasteiger partial charge < -0.3 is 15.1 Å². The van der Waals surface area contributed by atoms with Crippen molar-refractivity contribution < 1.29 is 9.59 Å². The molecule has 0 radical (unpaired) electrons. The number of carbonyl (C=O) groups is 2. The molecule has 3 heterocycles. The summed E-state index contributed by atoms with van der Waals surface area (Å²) in [5.74, 6) is 1.81. The minimum Gasteiger partial charge on any atom is -0.341 e. The summed E-state index contributed by atoms with van der Waals surface area (Å²) in [6.45, 7) is 3.11. The van der Waals surface area contributed by atoms with E-state index in [2.05, 4.69) is 5.32 Å². The van der Waals surface area contributed by atoms with Gasteiger partial charge in [0.15, 0.2) is 0 Å². The van der Waals surface area contributed by atoms with Crippen LogP contribution in [0.15, 0.2) is 0 Å². The molecule has 3 saturated heterocycles. The van der Waals surface area contributed by atoms with Crippen LogP contribution in [-0.2, 0) is 9.59 Å². The van der Waals surface area contributed by atoms with Gasteiger partial charge in [-0.25, -0.2) is 0 Å². The average Bonchev–Trinajstić information content (AvgIpc) is 3.16. The Balaban J connectivity index is 0.00000210. The molecule has 6 heteroatoms. The lowest BCUT2D eigenvalue weighted by atomic mass is 9.89. The van der Waals surface area contributed by atoms with Gasteiger partial charge in [-0.1, -0.05) is 12.8 Å². The molecule has 2 amide bonds. The highest BCUT2D eigenvalue weighted by molar-refractivity contribution is 5.85. The fourth-order valence-corrected chi connectivity index (χ4v) is 5.72. The van der Waals surface area contributed by atoms with Gasteiger partial charge in [0.05, 0.1) is 0 Å².